The van der Waals surface area contributed by atoms with Crippen molar-refractivity contribution < 1.29 is 31.5 Å². The number of aryl methyl sites for hydroxylation is 1. The summed E-state index contributed by atoms with van der Waals surface area (Å²) in [6.45, 7) is 0. The summed E-state index contributed by atoms with van der Waals surface area (Å²) in [4.78, 5) is 26.3. The van der Waals surface area contributed by atoms with Crippen LogP contribution in [0.1, 0.15) is 49.1 Å². The number of fused-ring (bicyclic) bond motifs is 3. The van der Waals surface area contributed by atoms with Gasteiger partial charge in [0.05, 0.1) is 35.4 Å². The number of carbonyl (C=O) groups is 2. The van der Waals surface area contributed by atoms with Gasteiger partial charge in [0.25, 0.3) is 11.8 Å². The highest BCUT2D eigenvalue weighted by molar-refractivity contribution is 6.31. The average molecular weight is 560 g/mol. The van der Waals surface area contributed by atoms with Gasteiger partial charge in [-0.25, -0.2) is 8.78 Å². The zero-order valence-corrected chi connectivity index (χ0v) is 20.5. The third kappa shape index (κ3) is 4.55. The van der Waals surface area contributed by atoms with Gasteiger partial charge in [-0.1, -0.05) is 11.6 Å². The highest BCUT2D eigenvalue weighted by Crippen LogP contribution is 2.43. The molecule has 0 aliphatic carbocycles. The summed E-state index contributed by atoms with van der Waals surface area (Å²) in [6.07, 6.45) is -5.02. The molecule has 4 aromatic rings. The minimum atomic E-state index is -4.91. The van der Waals surface area contributed by atoms with Gasteiger partial charge < -0.3 is 10.6 Å². The summed E-state index contributed by atoms with van der Waals surface area (Å²) in [7, 11) is 1.55. The van der Waals surface area contributed by atoms with E-state index in [0.29, 0.717) is 23.2 Å². The van der Waals surface area contributed by atoms with Crippen molar-refractivity contribution >= 4 is 40.0 Å². The van der Waals surface area contributed by atoms with Gasteiger partial charge in [0.2, 0.25) is 0 Å². The Morgan fingerprint density at radius 1 is 1.18 bits per heavy atom. The van der Waals surface area contributed by atoms with Crippen LogP contribution in [0.25, 0.3) is 10.9 Å². The molecule has 1 aliphatic heterocycles. The van der Waals surface area contributed by atoms with Crippen LogP contribution in [0.5, 0.6) is 0 Å². The molecule has 3 aromatic carbocycles. The van der Waals surface area contributed by atoms with Crippen LogP contribution in [-0.2, 0) is 19.6 Å². The molecule has 39 heavy (non-hydrogen) atoms. The summed E-state index contributed by atoms with van der Waals surface area (Å²) < 4.78 is 69.3. The van der Waals surface area contributed by atoms with Gasteiger partial charge in [-0.3, -0.25) is 14.3 Å². The van der Waals surface area contributed by atoms with E-state index in [1.54, 1.807) is 7.05 Å². The molecule has 0 saturated carbocycles. The van der Waals surface area contributed by atoms with Crippen molar-refractivity contribution in [2.75, 3.05) is 5.32 Å². The van der Waals surface area contributed by atoms with Crippen LogP contribution in [-0.4, -0.2) is 21.6 Å². The lowest BCUT2D eigenvalue weighted by molar-refractivity contribution is -0.137. The quantitative estimate of drug-likeness (QED) is 0.314. The molecule has 1 unspecified atom stereocenters. The van der Waals surface area contributed by atoms with Gasteiger partial charge in [0.1, 0.15) is 17.2 Å². The smallest absolute Gasteiger partial charge is 0.341 e. The minimum Gasteiger partial charge on any atom is -0.341 e. The number of aromatic nitrogens is 2. The third-order valence-corrected chi connectivity index (χ3v) is 6.68. The van der Waals surface area contributed by atoms with Crippen LogP contribution in [0, 0.1) is 23.0 Å². The Kier molecular flexibility index (Phi) is 6.27. The molecule has 13 heteroatoms. The summed E-state index contributed by atoms with van der Waals surface area (Å²) in [6, 6.07) is 7.21. The van der Waals surface area contributed by atoms with Crippen molar-refractivity contribution in [3.8, 4) is 6.07 Å². The maximum absolute atomic E-state index is 14.2. The molecular formula is C26H15ClF5N5O2. The first-order valence-corrected chi connectivity index (χ1v) is 11.6. The zero-order valence-electron chi connectivity index (χ0n) is 19.8. The number of halogens is 6. The van der Waals surface area contributed by atoms with Crippen molar-refractivity contribution in [1.82, 2.24) is 15.1 Å². The van der Waals surface area contributed by atoms with Gasteiger partial charge >= 0.3 is 6.18 Å². The molecular weight excluding hydrogens is 545 g/mol. The van der Waals surface area contributed by atoms with Crippen molar-refractivity contribution in [3.63, 3.8) is 0 Å². The monoisotopic (exact) mass is 559 g/mol. The Labute approximate surface area is 221 Å². The fraction of sp³-hybridized carbons (Fsp3) is 0.154. The number of nitrogens with one attached hydrogen (secondary N) is 2. The molecule has 0 saturated heterocycles. The second-order valence-corrected chi connectivity index (χ2v) is 9.17. The van der Waals surface area contributed by atoms with E-state index in [0.717, 1.165) is 12.1 Å². The first kappa shape index (κ1) is 26.1. The number of carbonyl (C=O) groups excluding carboxylic acids is 2. The molecule has 0 fully saturated rings. The van der Waals surface area contributed by atoms with Gasteiger partial charge in [-0.05, 0) is 42.5 Å². The fourth-order valence-electron chi connectivity index (χ4n) is 4.64. The highest BCUT2D eigenvalue weighted by atomic mass is 35.5. The number of amides is 2. The van der Waals surface area contributed by atoms with Gasteiger partial charge in [-0.15, -0.1) is 0 Å². The van der Waals surface area contributed by atoms with Crippen LogP contribution in [0.2, 0.25) is 5.02 Å². The van der Waals surface area contributed by atoms with E-state index in [-0.39, 0.29) is 45.4 Å². The number of hydrogen-bond donors (Lipinski definition) is 2. The van der Waals surface area contributed by atoms with Crippen LogP contribution in [0.4, 0.5) is 27.6 Å². The van der Waals surface area contributed by atoms with E-state index < -0.39 is 46.8 Å². The molecule has 1 atom stereocenters. The molecule has 198 valence electrons. The topological polar surface area (TPSA) is 99.8 Å². The molecule has 0 spiro atoms. The lowest BCUT2D eigenvalue weighted by Gasteiger charge is -2.18. The van der Waals surface area contributed by atoms with Crippen LogP contribution >= 0.6 is 11.6 Å². The van der Waals surface area contributed by atoms with Crippen molar-refractivity contribution in [1.29, 1.82) is 5.26 Å². The van der Waals surface area contributed by atoms with Crippen LogP contribution < -0.4 is 10.6 Å². The van der Waals surface area contributed by atoms with E-state index in [2.05, 4.69) is 15.7 Å². The van der Waals surface area contributed by atoms with Gasteiger partial charge in [0.15, 0.2) is 0 Å². The Balaban J connectivity index is 1.73. The highest BCUT2D eigenvalue weighted by Gasteiger charge is 2.38. The lowest BCUT2D eigenvalue weighted by atomic mass is 9.93. The van der Waals surface area contributed by atoms with Gasteiger partial charge in [0, 0.05) is 39.8 Å². The van der Waals surface area contributed by atoms with Crippen molar-refractivity contribution in [2.24, 2.45) is 7.05 Å². The Hall–Kier alpha value is -4.50. The number of anilines is 1. The standard InChI is InChI=1S/C26H15ClF5N5O2/c1-37-19(4-5-33)16-10-18(34-24(38)11-6-12(26(30,31)32)8-14(29)7-11)20-21(23(16)36-37)25(39)35-22(20)15-9-13(28)2-3-17(15)27/h2-3,6-10,22H,4H2,1H3,(H,34,38)(H,35,39). The summed E-state index contributed by atoms with van der Waals surface area (Å²) in [5, 5.41) is 19.2. The summed E-state index contributed by atoms with van der Waals surface area (Å²) in [5.74, 6) is -3.67. The normalized spacial score (nSPS) is 14.7. The number of nitriles is 1. The average Bonchev–Trinajstić information content (AvgIpc) is 3.36. The fourth-order valence-corrected chi connectivity index (χ4v) is 4.86. The maximum atomic E-state index is 14.2. The molecule has 2 heterocycles. The molecule has 1 aliphatic rings. The molecule has 5 rings (SSSR count). The van der Waals surface area contributed by atoms with Crippen molar-refractivity contribution in [3.05, 3.63) is 92.6 Å². The third-order valence-electron chi connectivity index (χ3n) is 6.33. The Bertz CT molecular complexity index is 1740. The molecule has 1 aromatic heterocycles. The molecule has 0 bridgehead atoms. The second kappa shape index (κ2) is 9.36. The molecule has 0 radical (unpaired) electrons. The molecule has 7 nitrogen and oxygen atoms in total. The zero-order chi connectivity index (χ0) is 28.2. The van der Waals surface area contributed by atoms with E-state index in [9.17, 15) is 36.8 Å². The van der Waals surface area contributed by atoms with E-state index in [1.165, 1.54) is 16.8 Å². The molecule has 2 N–H and O–H groups in total. The SMILES string of the molecule is Cn1nc2c3c(c(NC(=O)c4cc(F)cc(C(F)(F)F)c4)cc2c1CC#N)C(c1cc(F)ccc1Cl)NC3=O. The van der Waals surface area contributed by atoms with Gasteiger partial charge in [-0.2, -0.15) is 23.5 Å². The first-order valence-electron chi connectivity index (χ1n) is 11.2. The van der Waals surface area contributed by atoms with E-state index in [1.807, 2.05) is 6.07 Å². The van der Waals surface area contributed by atoms with Crippen LogP contribution in [0.3, 0.4) is 0 Å². The first-order chi connectivity index (χ1) is 18.4. The lowest BCUT2D eigenvalue weighted by Crippen LogP contribution is -2.21. The van der Waals surface area contributed by atoms with Crippen LogP contribution in [0.15, 0.2) is 42.5 Å². The second-order valence-electron chi connectivity index (χ2n) is 8.77. The molecule has 2 amide bonds. The Morgan fingerprint density at radius 3 is 2.62 bits per heavy atom. The van der Waals surface area contributed by atoms with E-state index in [4.69, 9.17) is 11.6 Å². The predicted octanol–water partition coefficient (Wildman–Crippen LogP) is 5.67. The number of rotatable bonds is 4. The number of hydrogen-bond acceptors (Lipinski definition) is 4. The number of benzene rings is 3. The number of alkyl halides is 3. The summed E-state index contributed by atoms with van der Waals surface area (Å²) in [5.41, 5.74) is -1.17. The predicted molar refractivity (Wildman–Crippen MR) is 130 cm³/mol. The summed E-state index contributed by atoms with van der Waals surface area (Å²) >= 11 is 6.30. The maximum Gasteiger partial charge on any atom is 0.416 e. The number of nitrogens with zero attached hydrogens (tertiary/aromatic N) is 3. The Morgan fingerprint density at radius 2 is 1.92 bits per heavy atom. The minimum absolute atomic E-state index is 0.00291. The van der Waals surface area contributed by atoms with Crippen molar-refractivity contribution in [2.45, 2.75) is 18.6 Å². The largest absolute Gasteiger partial charge is 0.416 e. The van der Waals surface area contributed by atoms with E-state index >= 15 is 0 Å².